The van der Waals surface area contributed by atoms with E-state index in [0.29, 0.717) is 4.77 Å². The molecule has 0 radical (unpaired) electrons. The molecule has 0 saturated heterocycles. The van der Waals surface area contributed by atoms with E-state index in [1.165, 1.54) is 5.56 Å². The van der Waals surface area contributed by atoms with Crippen LogP contribution in [-0.2, 0) is 13.0 Å². The Labute approximate surface area is 145 Å². The van der Waals surface area contributed by atoms with E-state index in [0.717, 1.165) is 35.7 Å². The lowest BCUT2D eigenvalue weighted by molar-refractivity contribution is 0.659. The monoisotopic (exact) mass is 340 g/mol. The molecule has 0 aliphatic rings. The summed E-state index contributed by atoms with van der Waals surface area (Å²) >= 11 is 5.22. The fourth-order valence-electron chi connectivity index (χ4n) is 2.60. The highest BCUT2D eigenvalue weighted by Gasteiger charge is 2.10. The van der Waals surface area contributed by atoms with Gasteiger partial charge in [-0.25, -0.2) is 0 Å². The molecule has 2 aromatic heterocycles. The molecule has 6 nitrogen and oxygen atoms in total. The Kier molecular flexibility index (Phi) is 4.71. The molecule has 0 spiro atoms. The van der Waals surface area contributed by atoms with Gasteiger partial charge < -0.3 is 0 Å². The smallest absolute Gasteiger partial charge is 0.216 e. The predicted octanol–water partition coefficient (Wildman–Crippen LogP) is 3.25. The van der Waals surface area contributed by atoms with E-state index in [2.05, 4.69) is 39.5 Å². The molecular weight excluding hydrogens is 320 g/mol. The Morgan fingerprint density at radius 3 is 2.71 bits per heavy atom. The van der Waals surface area contributed by atoms with Crippen molar-refractivity contribution in [3.63, 3.8) is 0 Å². The van der Waals surface area contributed by atoms with E-state index in [4.69, 9.17) is 12.2 Å². The first-order valence-corrected chi connectivity index (χ1v) is 8.29. The van der Waals surface area contributed by atoms with E-state index < -0.39 is 0 Å². The topological polar surface area (TPSA) is 63.8 Å². The fraction of sp³-hybridized carbons (Fsp3) is 0.294. The van der Waals surface area contributed by atoms with Crippen LogP contribution in [-0.4, -0.2) is 30.9 Å². The first kappa shape index (κ1) is 16.3. The predicted molar refractivity (Wildman–Crippen MR) is 97.0 cm³/mol. The summed E-state index contributed by atoms with van der Waals surface area (Å²) in [5.74, 6) is 0.809. The molecule has 1 aromatic carbocycles. The second kappa shape index (κ2) is 6.92. The molecular formula is C17H20N6S. The van der Waals surface area contributed by atoms with Crippen molar-refractivity contribution >= 4 is 18.4 Å². The van der Waals surface area contributed by atoms with Crippen molar-refractivity contribution in [2.45, 2.75) is 33.7 Å². The van der Waals surface area contributed by atoms with Gasteiger partial charge in [0, 0.05) is 17.7 Å². The average molecular weight is 340 g/mol. The second-order valence-electron chi connectivity index (χ2n) is 5.58. The molecule has 24 heavy (non-hydrogen) atoms. The number of aromatic amines is 1. The zero-order valence-electron chi connectivity index (χ0n) is 14.0. The molecule has 0 amide bonds. The normalized spacial score (nSPS) is 11.5. The Hall–Kier alpha value is -2.54. The van der Waals surface area contributed by atoms with Gasteiger partial charge in [-0.05, 0) is 31.6 Å². The molecule has 124 valence electrons. The maximum absolute atomic E-state index is 5.22. The van der Waals surface area contributed by atoms with Crippen LogP contribution >= 0.6 is 12.2 Å². The van der Waals surface area contributed by atoms with Crippen LogP contribution in [0.5, 0.6) is 0 Å². The van der Waals surface area contributed by atoms with Crippen LogP contribution in [0.4, 0.5) is 0 Å². The number of benzene rings is 1. The van der Waals surface area contributed by atoms with Crippen molar-refractivity contribution in [2.75, 3.05) is 0 Å². The van der Waals surface area contributed by atoms with Crippen molar-refractivity contribution < 1.29 is 0 Å². The molecule has 0 unspecified atom stereocenters. The summed E-state index contributed by atoms with van der Waals surface area (Å²) in [5.41, 5.74) is 4.25. The Bertz CT molecular complexity index is 916. The van der Waals surface area contributed by atoms with E-state index >= 15 is 0 Å². The van der Waals surface area contributed by atoms with Crippen molar-refractivity contribution in [1.82, 2.24) is 24.7 Å². The van der Waals surface area contributed by atoms with Crippen molar-refractivity contribution in [3.05, 3.63) is 63.4 Å². The minimum absolute atomic E-state index is 0.495. The largest absolute Gasteiger partial charge is 0.265 e. The molecule has 0 aliphatic carbocycles. The van der Waals surface area contributed by atoms with Gasteiger partial charge in [0.25, 0.3) is 0 Å². The van der Waals surface area contributed by atoms with Gasteiger partial charge >= 0.3 is 0 Å². The Morgan fingerprint density at radius 1 is 1.25 bits per heavy atom. The lowest BCUT2D eigenvalue weighted by Crippen LogP contribution is -2.04. The first-order chi connectivity index (χ1) is 11.6. The van der Waals surface area contributed by atoms with Gasteiger partial charge in [0.05, 0.1) is 18.5 Å². The van der Waals surface area contributed by atoms with Crippen molar-refractivity contribution in [2.24, 2.45) is 5.10 Å². The number of hydrogen-bond donors (Lipinski definition) is 1. The van der Waals surface area contributed by atoms with Crippen LogP contribution in [0.1, 0.15) is 35.3 Å². The highest BCUT2D eigenvalue weighted by molar-refractivity contribution is 7.71. The molecule has 7 heteroatoms. The van der Waals surface area contributed by atoms with Crippen LogP contribution in [0.3, 0.4) is 0 Å². The fourth-order valence-corrected chi connectivity index (χ4v) is 2.79. The Morgan fingerprint density at radius 2 is 2.00 bits per heavy atom. The van der Waals surface area contributed by atoms with Crippen LogP contribution in [0, 0.1) is 18.6 Å². The number of nitrogens with one attached hydrogen (secondary N) is 1. The molecule has 0 aliphatic heterocycles. The molecule has 0 bridgehead atoms. The minimum Gasteiger partial charge on any atom is -0.265 e. The Balaban J connectivity index is 1.91. The third-order valence-electron chi connectivity index (χ3n) is 3.95. The van der Waals surface area contributed by atoms with Gasteiger partial charge in [-0.15, -0.1) is 0 Å². The number of aromatic nitrogens is 5. The molecule has 0 atom stereocenters. The summed E-state index contributed by atoms with van der Waals surface area (Å²) in [6, 6.07) is 10.3. The van der Waals surface area contributed by atoms with Crippen LogP contribution in [0.25, 0.3) is 0 Å². The average Bonchev–Trinajstić information content (AvgIpc) is 3.07. The van der Waals surface area contributed by atoms with Gasteiger partial charge in [-0.2, -0.15) is 20.0 Å². The van der Waals surface area contributed by atoms with Crippen molar-refractivity contribution in [1.29, 1.82) is 0 Å². The standard InChI is InChI=1S/C17H20N6S/c1-4-16-19-20-17(24)23(16)18-10-15-12(2)21-22(13(15)3)11-14-8-6-5-7-9-14/h5-10H,4,11H2,1-3H3,(H,20,24)/b18-10-. The third-order valence-corrected chi connectivity index (χ3v) is 4.21. The quantitative estimate of drug-likeness (QED) is 0.573. The summed E-state index contributed by atoms with van der Waals surface area (Å²) in [6.45, 7) is 6.81. The maximum Gasteiger partial charge on any atom is 0.216 e. The molecule has 2 heterocycles. The number of hydrogen-bond acceptors (Lipinski definition) is 4. The molecule has 3 aromatic rings. The second-order valence-corrected chi connectivity index (χ2v) is 5.97. The van der Waals surface area contributed by atoms with Gasteiger partial charge in [0.2, 0.25) is 4.77 Å². The zero-order chi connectivity index (χ0) is 17.1. The third kappa shape index (κ3) is 3.21. The van der Waals surface area contributed by atoms with Gasteiger partial charge in [0.1, 0.15) is 0 Å². The zero-order valence-corrected chi connectivity index (χ0v) is 14.8. The highest BCUT2D eigenvalue weighted by atomic mass is 32.1. The van der Waals surface area contributed by atoms with Crippen molar-refractivity contribution in [3.8, 4) is 0 Å². The van der Waals surface area contributed by atoms with Gasteiger partial charge in [-0.1, -0.05) is 37.3 Å². The van der Waals surface area contributed by atoms with E-state index in [9.17, 15) is 0 Å². The number of aryl methyl sites for hydroxylation is 2. The summed E-state index contributed by atoms with van der Waals surface area (Å²) in [6.07, 6.45) is 2.57. The van der Waals surface area contributed by atoms with Crippen LogP contribution in [0.15, 0.2) is 35.4 Å². The molecule has 0 saturated carbocycles. The number of H-pyrrole nitrogens is 1. The molecule has 0 fully saturated rings. The van der Waals surface area contributed by atoms with E-state index in [1.807, 2.05) is 42.9 Å². The first-order valence-electron chi connectivity index (χ1n) is 7.88. The summed E-state index contributed by atoms with van der Waals surface area (Å²) in [5, 5.41) is 16.1. The van der Waals surface area contributed by atoms with Crippen LogP contribution in [0.2, 0.25) is 0 Å². The number of rotatable bonds is 5. The number of nitrogens with zero attached hydrogens (tertiary/aromatic N) is 5. The highest BCUT2D eigenvalue weighted by Crippen LogP contribution is 2.13. The SMILES string of the molecule is CCc1n[nH]c(=S)n1/N=C\c1c(C)nn(Cc2ccccc2)c1C. The summed E-state index contributed by atoms with van der Waals surface area (Å²) < 4.78 is 4.15. The summed E-state index contributed by atoms with van der Waals surface area (Å²) in [4.78, 5) is 0. The maximum atomic E-state index is 5.22. The van der Waals surface area contributed by atoms with Gasteiger partial charge in [0.15, 0.2) is 5.82 Å². The van der Waals surface area contributed by atoms with E-state index in [-0.39, 0.29) is 0 Å². The van der Waals surface area contributed by atoms with E-state index in [1.54, 1.807) is 4.68 Å². The molecule has 1 N–H and O–H groups in total. The lowest BCUT2D eigenvalue weighted by atomic mass is 10.2. The molecule has 3 rings (SSSR count). The minimum atomic E-state index is 0.495. The lowest BCUT2D eigenvalue weighted by Gasteiger charge is -2.04. The van der Waals surface area contributed by atoms with Gasteiger partial charge in [-0.3, -0.25) is 9.78 Å². The van der Waals surface area contributed by atoms with Crippen LogP contribution < -0.4 is 0 Å². The summed E-state index contributed by atoms with van der Waals surface area (Å²) in [7, 11) is 0.